The lowest BCUT2D eigenvalue weighted by atomic mass is 10.2. The molecule has 0 atom stereocenters. The van der Waals surface area contributed by atoms with Gasteiger partial charge in [0.2, 0.25) is 0 Å². The van der Waals surface area contributed by atoms with E-state index in [9.17, 15) is 21.6 Å². The van der Waals surface area contributed by atoms with Crippen LogP contribution in [0.5, 0.6) is 5.75 Å². The van der Waals surface area contributed by atoms with E-state index in [4.69, 9.17) is 0 Å². The first-order chi connectivity index (χ1) is 11.2. The molecule has 0 spiro atoms. The average Bonchev–Trinajstić information content (AvgIpc) is 2.77. The summed E-state index contributed by atoms with van der Waals surface area (Å²) in [4.78, 5) is 0. The van der Waals surface area contributed by atoms with Crippen molar-refractivity contribution in [1.29, 1.82) is 0 Å². The van der Waals surface area contributed by atoms with Crippen LogP contribution < -0.4 is 4.74 Å². The van der Waals surface area contributed by atoms with Crippen LogP contribution in [0.25, 0.3) is 0 Å². The third-order valence-corrected chi connectivity index (χ3v) is 5.78. The molecular weight excluding hydrogens is 345 g/mol. The smallest absolute Gasteiger partial charge is 0.406 e. The molecule has 0 radical (unpaired) electrons. The Kier molecular flexibility index (Phi) is 6.11. The van der Waals surface area contributed by atoms with Crippen molar-refractivity contribution in [2.75, 3.05) is 20.1 Å². The minimum Gasteiger partial charge on any atom is -0.406 e. The molecule has 1 heterocycles. The van der Waals surface area contributed by atoms with Crippen LogP contribution in [0.15, 0.2) is 24.3 Å². The number of halogens is 3. The Bertz CT molecular complexity index is 624. The average molecular weight is 366 g/mol. The molecule has 24 heavy (non-hydrogen) atoms. The zero-order valence-electron chi connectivity index (χ0n) is 13.4. The summed E-state index contributed by atoms with van der Waals surface area (Å²) in [5.41, 5.74) is 0.588. The fourth-order valence-electron chi connectivity index (χ4n) is 2.60. The molecule has 5 nitrogen and oxygen atoms in total. The molecule has 0 aromatic heterocycles. The first-order valence-electron chi connectivity index (χ1n) is 7.74. The van der Waals surface area contributed by atoms with Crippen LogP contribution in [0.4, 0.5) is 13.2 Å². The van der Waals surface area contributed by atoms with Crippen molar-refractivity contribution in [3.05, 3.63) is 29.8 Å². The summed E-state index contributed by atoms with van der Waals surface area (Å²) in [5, 5.41) is 0. The van der Waals surface area contributed by atoms with E-state index in [0.717, 1.165) is 25.7 Å². The zero-order valence-corrected chi connectivity index (χ0v) is 14.2. The maximum atomic E-state index is 12.6. The van der Waals surface area contributed by atoms with Crippen molar-refractivity contribution in [1.82, 2.24) is 8.61 Å². The molecule has 1 saturated heterocycles. The summed E-state index contributed by atoms with van der Waals surface area (Å²) in [7, 11) is -2.09. The van der Waals surface area contributed by atoms with Gasteiger partial charge in [0.15, 0.2) is 0 Å². The van der Waals surface area contributed by atoms with Gasteiger partial charge in [0.05, 0.1) is 0 Å². The number of rotatable bonds is 5. The van der Waals surface area contributed by atoms with Crippen LogP contribution in [-0.2, 0) is 16.8 Å². The highest BCUT2D eigenvalue weighted by Crippen LogP contribution is 2.23. The van der Waals surface area contributed by atoms with Gasteiger partial charge in [-0.25, -0.2) is 0 Å². The lowest BCUT2D eigenvalue weighted by Crippen LogP contribution is -2.42. The minimum absolute atomic E-state index is 0.0884. The van der Waals surface area contributed by atoms with Crippen LogP contribution in [0.2, 0.25) is 0 Å². The molecule has 1 aliphatic heterocycles. The van der Waals surface area contributed by atoms with E-state index in [1.807, 2.05) is 0 Å². The molecule has 9 heteroatoms. The Labute approximate surface area is 140 Å². The monoisotopic (exact) mass is 366 g/mol. The van der Waals surface area contributed by atoms with Gasteiger partial charge in [-0.3, -0.25) is 0 Å². The molecule has 136 valence electrons. The fourth-order valence-corrected chi connectivity index (χ4v) is 4.03. The molecule has 0 saturated carbocycles. The van der Waals surface area contributed by atoms with E-state index in [1.165, 1.54) is 39.9 Å². The molecule has 0 unspecified atom stereocenters. The summed E-state index contributed by atoms with van der Waals surface area (Å²) >= 11 is 0. The van der Waals surface area contributed by atoms with Crippen molar-refractivity contribution in [2.45, 2.75) is 38.6 Å². The molecule has 0 N–H and O–H groups in total. The first kappa shape index (κ1) is 19.0. The van der Waals surface area contributed by atoms with Gasteiger partial charge in [-0.15, -0.1) is 13.2 Å². The predicted octanol–water partition coefficient (Wildman–Crippen LogP) is 3.14. The molecule has 1 aromatic rings. The van der Waals surface area contributed by atoms with Gasteiger partial charge < -0.3 is 4.74 Å². The molecule has 2 rings (SSSR count). The molecule has 1 aliphatic rings. The number of hydrogen-bond acceptors (Lipinski definition) is 3. The molecule has 0 aliphatic carbocycles. The number of hydrogen-bond donors (Lipinski definition) is 0. The van der Waals surface area contributed by atoms with Gasteiger partial charge in [-0.2, -0.15) is 17.0 Å². The predicted molar refractivity (Wildman–Crippen MR) is 83.6 cm³/mol. The van der Waals surface area contributed by atoms with Crippen LogP contribution >= 0.6 is 0 Å². The second-order valence-electron chi connectivity index (χ2n) is 5.77. The Morgan fingerprint density at radius 1 is 1.08 bits per heavy atom. The highest BCUT2D eigenvalue weighted by molar-refractivity contribution is 7.86. The lowest BCUT2D eigenvalue weighted by Gasteiger charge is -2.26. The summed E-state index contributed by atoms with van der Waals surface area (Å²) in [6, 6.07) is 5.20. The standard InChI is InChI=1S/C15H21F3N2O3S/c1-19(24(21,22)20-10-4-2-3-5-11-20)12-13-6-8-14(9-7-13)23-15(16,17)18/h6-9H,2-5,10-12H2,1H3. The van der Waals surface area contributed by atoms with Crippen molar-refractivity contribution < 1.29 is 26.3 Å². The van der Waals surface area contributed by atoms with E-state index in [-0.39, 0.29) is 12.3 Å². The Morgan fingerprint density at radius 3 is 2.12 bits per heavy atom. The molecule has 0 amide bonds. The van der Waals surface area contributed by atoms with E-state index < -0.39 is 16.6 Å². The van der Waals surface area contributed by atoms with E-state index in [1.54, 1.807) is 0 Å². The Balaban J connectivity index is 2.01. The Morgan fingerprint density at radius 2 is 1.62 bits per heavy atom. The van der Waals surface area contributed by atoms with Crippen molar-refractivity contribution >= 4 is 10.2 Å². The maximum absolute atomic E-state index is 12.6. The highest BCUT2D eigenvalue weighted by atomic mass is 32.2. The quantitative estimate of drug-likeness (QED) is 0.804. The number of benzene rings is 1. The fraction of sp³-hybridized carbons (Fsp3) is 0.600. The topological polar surface area (TPSA) is 49.9 Å². The summed E-state index contributed by atoms with van der Waals surface area (Å²) < 4.78 is 68.0. The van der Waals surface area contributed by atoms with Crippen molar-refractivity contribution in [2.24, 2.45) is 0 Å². The van der Waals surface area contributed by atoms with Gasteiger partial charge >= 0.3 is 6.36 Å². The maximum Gasteiger partial charge on any atom is 0.573 e. The first-order valence-corrected chi connectivity index (χ1v) is 9.14. The Hall–Kier alpha value is -1.32. The second-order valence-corrected chi connectivity index (χ2v) is 7.80. The van der Waals surface area contributed by atoms with Crippen LogP contribution in [0.1, 0.15) is 31.2 Å². The van der Waals surface area contributed by atoms with Crippen molar-refractivity contribution in [3.8, 4) is 5.75 Å². The molecular formula is C15H21F3N2O3S. The van der Waals surface area contributed by atoms with Crippen LogP contribution in [0, 0.1) is 0 Å². The third-order valence-electron chi connectivity index (χ3n) is 3.85. The normalized spacial score (nSPS) is 17.7. The number of nitrogens with zero attached hydrogens (tertiary/aromatic N) is 2. The van der Waals surface area contributed by atoms with Gasteiger partial charge in [0, 0.05) is 26.7 Å². The van der Waals surface area contributed by atoms with E-state index >= 15 is 0 Å². The summed E-state index contributed by atoms with van der Waals surface area (Å²) in [6.07, 6.45) is -1.01. The highest BCUT2D eigenvalue weighted by Gasteiger charge is 2.31. The van der Waals surface area contributed by atoms with Gasteiger partial charge in [-0.1, -0.05) is 25.0 Å². The molecule has 1 aromatic carbocycles. The summed E-state index contributed by atoms with van der Waals surface area (Å²) in [5.74, 6) is -0.329. The van der Waals surface area contributed by atoms with Gasteiger partial charge in [0.25, 0.3) is 10.2 Å². The second kappa shape index (κ2) is 7.71. The van der Waals surface area contributed by atoms with Crippen LogP contribution in [-0.4, -0.2) is 43.5 Å². The van der Waals surface area contributed by atoms with Gasteiger partial charge in [-0.05, 0) is 30.5 Å². The number of ether oxygens (including phenoxy) is 1. The molecule has 0 bridgehead atoms. The van der Waals surface area contributed by atoms with Crippen LogP contribution in [0.3, 0.4) is 0 Å². The van der Waals surface area contributed by atoms with E-state index in [2.05, 4.69) is 4.74 Å². The number of alkyl halides is 3. The SMILES string of the molecule is CN(Cc1ccc(OC(F)(F)F)cc1)S(=O)(=O)N1CCCCCC1. The summed E-state index contributed by atoms with van der Waals surface area (Å²) in [6.45, 7) is 1.10. The third kappa shape index (κ3) is 5.35. The molecule has 1 fully saturated rings. The minimum atomic E-state index is -4.74. The largest absolute Gasteiger partial charge is 0.573 e. The lowest BCUT2D eigenvalue weighted by molar-refractivity contribution is -0.274. The van der Waals surface area contributed by atoms with Crippen molar-refractivity contribution in [3.63, 3.8) is 0 Å². The van der Waals surface area contributed by atoms with E-state index in [0.29, 0.717) is 18.7 Å². The van der Waals surface area contributed by atoms with Gasteiger partial charge in [0.1, 0.15) is 5.75 Å². The zero-order chi connectivity index (χ0) is 17.8.